The first kappa shape index (κ1) is 28.9. The fourth-order valence-corrected chi connectivity index (χ4v) is 3.58. The number of aromatic nitrogens is 3. The monoisotopic (exact) mass is 537 g/mol. The van der Waals surface area contributed by atoms with Crippen molar-refractivity contribution in [1.82, 2.24) is 15.0 Å². The van der Waals surface area contributed by atoms with E-state index in [1.165, 1.54) is 0 Å². The van der Waals surface area contributed by atoms with E-state index in [-0.39, 0.29) is 34.6 Å². The molecule has 0 spiro atoms. The topological polar surface area (TPSA) is 171 Å². The van der Waals surface area contributed by atoms with Crippen molar-refractivity contribution in [3.05, 3.63) is 108 Å². The molecule has 3 N–H and O–H groups in total. The number of aromatic hydroxyl groups is 3. The third kappa shape index (κ3) is 6.59. The average molecular weight is 537 g/mol. The molecule has 40 heavy (non-hydrogen) atoms. The summed E-state index contributed by atoms with van der Waals surface area (Å²) < 4.78 is 0. The Morgan fingerprint density at radius 1 is 0.425 bits per heavy atom. The summed E-state index contributed by atoms with van der Waals surface area (Å²) in [5.41, 5.74) is 2.36. The molecule has 0 aliphatic carbocycles. The van der Waals surface area contributed by atoms with Crippen LogP contribution in [0.1, 0.15) is 17.1 Å². The van der Waals surface area contributed by atoms with Crippen LogP contribution in [0.5, 0.6) is 17.2 Å². The van der Waals surface area contributed by atoms with Crippen LogP contribution in [-0.2, 0) is 0 Å². The van der Waals surface area contributed by atoms with Crippen molar-refractivity contribution in [3.8, 4) is 35.5 Å². The van der Waals surface area contributed by atoms with Crippen molar-refractivity contribution < 1.29 is 15.3 Å². The average Bonchev–Trinajstić information content (AvgIpc) is 2.98. The lowest BCUT2D eigenvalue weighted by Crippen LogP contribution is -1.83. The Kier molecular flexibility index (Phi) is 9.52. The summed E-state index contributed by atoms with van der Waals surface area (Å²) in [6.07, 6.45) is 0. The first-order valence-corrected chi connectivity index (χ1v) is 11.4. The van der Waals surface area contributed by atoms with Crippen molar-refractivity contribution in [2.45, 2.75) is 0 Å². The van der Waals surface area contributed by atoms with Crippen LogP contribution in [0.4, 0.5) is 0 Å². The minimum Gasteiger partial charge on any atom is -0.506 e. The van der Waals surface area contributed by atoms with Gasteiger partial charge >= 0.3 is 0 Å². The lowest BCUT2D eigenvalue weighted by atomic mass is 10.2. The van der Waals surface area contributed by atoms with Crippen LogP contribution < -0.4 is 0 Å². The molecular formula is C30H18AlN6O3. The molecule has 0 unspecified atom stereocenters. The number of rotatable bonds is 0. The predicted octanol–water partition coefficient (Wildman–Crippen LogP) is 5.06. The van der Waals surface area contributed by atoms with Gasteiger partial charge in [-0.15, -0.1) is 0 Å². The number of phenols is 3. The summed E-state index contributed by atoms with van der Waals surface area (Å²) >= 11 is 0. The number of phenolic OH excluding ortho intramolecular Hbond substituents is 3. The highest BCUT2D eigenvalue weighted by atomic mass is 27.0. The zero-order valence-electron chi connectivity index (χ0n) is 20.8. The van der Waals surface area contributed by atoms with Crippen LogP contribution in [-0.4, -0.2) is 47.6 Å². The number of pyridine rings is 3. The molecule has 0 saturated carbocycles. The van der Waals surface area contributed by atoms with Gasteiger partial charge in [0.05, 0.1) is 0 Å². The molecule has 6 rings (SSSR count). The zero-order chi connectivity index (χ0) is 27.8. The van der Waals surface area contributed by atoms with E-state index < -0.39 is 0 Å². The van der Waals surface area contributed by atoms with Crippen LogP contribution in [0.25, 0.3) is 32.7 Å². The number of nitriles is 3. The molecule has 0 aliphatic heterocycles. The van der Waals surface area contributed by atoms with Crippen LogP contribution in [0, 0.1) is 34.0 Å². The highest BCUT2D eigenvalue weighted by molar-refractivity contribution is 5.86. The van der Waals surface area contributed by atoms with Gasteiger partial charge < -0.3 is 15.3 Å². The van der Waals surface area contributed by atoms with E-state index in [1.54, 1.807) is 72.8 Å². The lowest BCUT2D eigenvalue weighted by molar-refractivity contribution is 0.480. The van der Waals surface area contributed by atoms with Crippen molar-refractivity contribution in [2.75, 3.05) is 0 Å². The van der Waals surface area contributed by atoms with Crippen molar-refractivity contribution in [2.24, 2.45) is 0 Å². The molecule has 189 valence electrons. The molecule has 10 heteroatoms. The highest BCUT2D eigenvalue weighted by Gasteiger charge is 2.03. The molecular weight excluding hydrogens is 519 g/mol. The number of fused-ring (bicyclic) bond motifs is 3. The van der Waals surface area contributed by atoms with E-state index >= 15 is 0 Å². The van der Waals surface area contributed by atoms with Crippen LogP contribution in [0.2, 0.25) is 0 Å². The third-order valence-electron chi connectivity index (χ3n) is 5.44. The molecule has 3 heterocycles. The zero-order valence-corrected chi connectivity index (χ0v) is 21.9. The summed E-state index contributed by atoms with van der Waals surface area (Å²) in [5.74, 6) is 0.318. The smallest absolute Gasteiger partial charge is 0.141 e. The van der Waals surface area contributed by atoms with Gasteiger partial charge in [0, 0.05) is 33.5 Å². The van der Waals surface area contributed by atoms with Crippen LogP contribution in [0.3, 0.4) is 0 Å². The van der Waals surface area contributed by atoms with E-state index in [1.807, 2.05) is 36.4 Å². The van der Waals surface area contributed by atoms with Crippen molar-refractivity contribution in [1.29, 1.82) is 15.8 Å². The van der Waals surface area contributed by atoms with E-state index in [4.69, 9.17) is 15.8 Å². The number of hydrogen-bond acceptors (Lipinski definition) is 9. The minimum atomic E-state index is 0. The molecule has 0 bridgehead atoms. The van der Waals surface area contributed by atoms with E-state index in [2.05, 4.69) is 15.0 Å². The fraction of sp³-hybridized carbons (Fsp3) is 0. The van der Waals surface area contributed by atoms with Gasteiger partial charge in [-0.05, 0) is 54.6 Å². The Morgan fingerprint density at radius 2 is 0.700 bits per heavy atom. The van der Waals surface area contributed by atoms with Crippen molar-refractivity contribution in [3.63, 3.8) is 0 Å². The van der Waals surface area contributed by atoms with E-state index in [0.29, 0.717) is 33.6 Å². The maximum atomic E-state index is 9.42. The fourth-order valence-electron chi connectivity index (χ4n) is 3.58. The van der Waals surface area contributed by atoms with Crippen molar-refractivity contribution >= 4 is 50.1 Å². The van der Waals surface area contributed by atoms with Gasteiger partial charge in [-0.3, -0.25) is 0 Å². The van der Waals surface area contributed by atoms with E-state index in [0.717, 1.165) is 16.2 Å². The number of para-hydroxylation sites is 3. The first-order valence-electron chi connectivity index (χ1n) is 11.4. The molecule has 3 aromatic heterocycles. The minimum absolute atomic E-state index is 0. The second kappa shape index (κ2) is 13.2. The quantitative estimate of drug-likeness (QED) is 0.224. The van der Waals surface area contributed by atoms with Gasteiger partial charge in [-0.2, -0.15) is 15.8 Å². The SMILES string of the molecule is N#Cc1ccc2cccc(O)c2n1.N#Cc1ccc2cccc(O)c2n1.N#Cc1ccc2cccc(O)c2n1.[Al]. The second-order valence-corrected chi connectivity index (χ2v) is 7.97. The van der Waals surface area contributed by atoms with Crippen LogP contribution >= 0.6 is 0 Å². The van der Waals surface area contributed by atoms with Gasteiger partial charge in [0.2, 0.25) is 0 Å². The van der Waals surface area contributed by atoms with Gasteiger partial charge in [-0.25, -0.2) is 15.0 Å². The van der Waals surface area contributed by atoms with Gasteiger partial charge in [0.1, 0.15) is 69.1 Å². The summed E-state index contributed by atoms with van der Waals surface area (Å²) in [6.45, 7) is 0. The highest BCUT2D eigenvalue weighted by Crippen LogP contribution is 2.23. The molecule has 9 nitrogen and oxygen atoms in total. The summed E-state index contributed by atoms with van der Waals surface area (Å²) in [6, 6.07) is 31.3. The van der Waals surface area contributed by atoms with E-state index in [9.17, 15) is 15.3 Å². The largest absolute Gasteiger partial charge is 0.506 e. The Bertz CT molecular complexity index is 1730. The number of benzene rings is 3. The Balaban J connectivity index is 0.000000163. The molecule has 3 aromatic carbocycles. The maximum Gasteiger partial charge on any atom is 0.141 e. The molecule has 3 radical (unpaired) electrons. The Hall–Kier alpha value is -5.71. The summed E-state index contributed by atoms with van der Waals surface area (Å²) in [7, 11) is 0. The normalized spacial score (nSPS) is 9.53. The molecule has 0 atom stereocenters. The standard InChI is InChI=1S/3C10H6N2O.Al/c3*11-6-8-5-4-7-2-1-3-9(13)10(7)12-8;/h3*1-5,13H;. The summed E-state index contributed by atoms with van der Waals surface area (Å²) in [4.78, 5) is 11.9. The molecule has 0 aliphatic rings. The predicted molar refractivity (Wildman–Crippen MR) is 150 cm³/mol. The lowest BCUT2D eigenvalue weighted by Gasteiger charge is -1.98. The Morgan fingerprint density at radius 3 is 0.950 bits per heavy atom. The number of nitrogens with zero attached hydrogens (tertiary/aromatic N) is 6. The van der Waals surface area contributed by atoms with Gasteiger partial charge in [0.15, 0.2) is 0 Å². The number of hydrogen-bond donors (Lipinski definition) is 3. The second-order valence-electron chi connectivity index (χ2n) is 7.97. The molecule has 6 aromatic rings. The summed E-state index contributed by atoms with van der Waals surface area (Å²) in [5, 5.41) is 56.5. The van der Waals surface area contributed by atoms with Crippen LogP contribution in [0.15, 0.2) is 91.0 Å². The Labute approximate surface area is 239 Å². The molecule has 0 saturated heterocycles. The van der Waals surface area contributed by atoms with Gasteiger partial charge in [-0.1, -0.05) is 36.4 Å². The third-order valence-corrected chi connectivity index (χ3v) is 5.44. The maximum absolute atomic E-state index is 9.42. The molecule has 0 amide bonds. The first-order chi connectivity index (χ1) is 18.9. The van der Waals surface area contributed by atoms with Gasteiger partial charge in [0.25, 0.3) is 0 Å². The molecule has 0 fully saturated rings.